The quantitative estimate of drug-likeness (QED) is 0.0316. The average Bonchev–Trinajstić information content (AvgIpc) is 3.90. The standard InChI is InChI=1S/C39H49N18O24P3/c40-16-1-2-54(39(65)51-16)35-22(61)25(12(3-58)75-35)79-83(68,69)73-6-15-27(24(63)37(78-15)57-11-50-19-32(57)52-38(43)53-33(19)64)81-84(70,71)74-5-14-26(23(62)36(77-14)56-10-49-18-29(42)45-8-47-31(18)56)80-82(66,67)72-4-13-20(59)21(60)34(76-13)55-9-48-17-28(41)44-7-46-30(17)55/h1-2,7-15,20-27,34-37,58-63H,3-6H2,(H,66,67)(H,68,69)(H,70,71)(H2,40,51,65)(H2,41,44,46)(H2,42,45,47)(H3,43,52,53,64)/t12-,13-,14-,15-,20-,21-,22-,23-,24-,25-,26-,27-,34-,35-,36-,37-/m1/s1. The number of aromatic amines is 1. The van der Waals surface area contributed by atoms with Crippen molar-refractivity contribution in [2.24, 2.45) is 0 Å². The van der Waals surface area contributed by atoms with Gasteiger partial charge < -0.3 is 87.2 Å². The highest BCUT2D eigenvalue weighted by atomic mass is 31.2. The van der Waals surface area contributed by atoms with Gasteiger partial charge in [-0.15, -0.1) is 0 Å². The molecule has 4 fully saturated rings. The second-order valence-electron chi connectivity index (χ2n) is 18.9. The molecule has 3 unspecified atom stereocenters. The van der Waals surface area contributed by atoms with Crippen LogP contribution in [0.4, 0.5) is 23.4 Å². The molecule has 0 spiro atoms. The maximum atomic E-state index is 14.1. The lowest BCUT2D eigenvalue weighted by Crippen LogP contribution is -2.38. The van der Waals surface area contributed by atoms with Crippen LogP contribution in [0.5, 0.6) is 0 Å². The molecule has 454 valence electrons. The monoisotopic (exact) mass is 1250 g/mol. The molecule has 84 heavy (non-hydrogen) atoms. The van der Waals surface area contributed by atoms with Crippen LogP contribution >= 0.6 is 23.5 Å². The summed E-state index contributed by atoms with van der Waals surface area (Å²) in [6, 6.07) is 1.18. The number of nitrogens with zero attached hydrogens (tertiary/aromatic N) is 13. The minimum atomic E-state index is -5.71. The van der Waals surface area contributed by atoms with Crippen molar-refractivity contribution in [2.45, 2.75) is 98.2 Å². The Morgan fingerprint density at radius 3 is 1.43 bits per heavy atom. The zero-order valence-corrected chi connectivity index (χ0v) is 44.9. The average molecular weight is 1250 g/mol. The van der Waals surface area contributed by atoms with E-state index in [1.807, 2.05) is 0 Å². The van der Waals surface area contributed by atoms with Crippen LogP contribution in [-0.4, -0.2) is 213 Å². The van der Waals surface area contributed by atoms with Crippen LogP contribution in [-0.2, 0) is 59.8 Å². The second-order valence-corrected chi connectivity index (χ2v) is 23.1. The van der Waals surface area contributed by atoms with E-state index in [1.165, 1.54) is 17.0 Å². The predicted molar refractivity (Wildman–Crippen MR) is 270 cm³/mol. The topological polar surface area (TPSA) is 615 Å². The molecule has 4 saturated heterocycles. The molecule has 0 radical (unpaired) electrons. The van der Waals surface area contributed by atoms with Gasteiger partial charge in [0.15, 0.2) is 59.0 Å². The molecule has 0 aliphatic carbocycles. The number of nitrogens with one attached hydrogen (secondary N) is 1. The van der Waals surface area contributed by atoms with Gasteiger partial charge in [0.1, 0.15) is 103 Å². The van der Waals surface area contributed by atoms with Crippen molar-refractivity contribution >= 4 is 80.4 Å². The van der Waals surface area contributed by atoms with E-state index in [2.05, 4.69) is 49.8 Å². The van der Waals surface area contributed by atoms with Gasteiger partial charge in [-0.1, -0.05) is 0 Å². The van der Waals surface area contributed by atoms with Crippen LogP contribution in [0.2, 0.25) is 0 Å². The van der Waals surface area contributed by atoms with Crippen molar-refractivity contribution in [3.8, 4) is 0 Å². The fraction of sp³-hybridized carbons (Fsp3) is 0.513. The van der Waals surface area contributed by atoms with Crippen LogP contribution in [0.3, 0.4) is 0 Å². The van der Waals surface area contributed by atoms with E-state index in [4.69, 9.17) is 69.0 Å². The maximum Gasteiger partial charge on any atom is 0.472 e. The Kier molecular flexibility index (Phi) is 16.0. The fourth-order valence-corrected chi connectivity index (χ4v) is 12.6. The first-order chi connectivity index (χ1) is 39.8. The number of phosphoric acid groups is 3. The van der Waals surface area contributed by atoms with Gasteiger partial charge in [0, 0.05) is 6.20 Å². The highest BCUT2D eigenvalue weighted by Crippen LogP contribution is 2.54. The van der Waals surface area contributed by atoms with E-state index >= 15 is 0 Å². The number of phosphoric ester groups is 3. The number of fused-ring (bicyclic) bond motifs is 3. The Morgan fingerprint density at radius 2 is 0.940 bits per heavy atom. The number of aromatic nitrogens is 14. The first kappa shape index (κ1) is 59.2. The van der Waals surface area contributed by atoms with Gasteiger partial charge in [0.05, 0.1) is 45.4 Å². The SMILES string of the molecule is Nc1ccn([C@@H]2O[C@H](CO)[C@@H](OP(=O)(O)OC[C@H]3O[C@@H](n4cnc5c(=O)[nH]c(N)nc54)[C@H](O)[C@@H]3OP(=O)(O)OC[C@H]3O[C@@H](n4cnc5c(N)ncnc54)[C@H](O)[C@@H]3OP(=O)(O)OC[C@H]3O[C@@H](n4cnc5c(N)ncnc54)[C@H](O)[C@@H]3O)[C@H]2O)c(=O)n1. The normalized spacial score (nSPS) is 32.2. The van der Waals surface area contributed by atoms with Gasteiger partial charge >= 0.3 is 29.2 Å². The minimum absolute atomic E-state index is 0.00775. The summed E-state index contributed by atoms with van der Waals surface area (Å²) in [5.41, 5.74) is 20.8. The Balaban J connectivity index is 0.818. The van der Waals surface area contributed by atoms with Gasteiger partial charge in [0.2, 0.25) is 5.95 Å². The van der Waals surface area contributed by atoms with E-state index in [1.54, 1.807) is 0 Å². The summed E-state index contributed by atoms with van der Waals surface area (Å²) in [4.78, 5) is 96.6. The molecular weight excluding hydrogens is 1200 g/mol. The van der Waals surface area contributed by atoms with Crippen molar-refractivity contribution in [1.29, 1.82) is 0 Å². The molecular formula is C39H49N18O24P3. The third-order valence-electron chi connectivity index (χ3n) is 13.6. The largest absolute Gasteiger partial charge is 0.472 e. The summed E-state index contributed by atoms with van der Waals surface area (Å²) < 4.78 is 101. The zero-order valence-electron chi connectivity index (χ0n) is 42.2. The highest BCUT2D eigenvalue weighted by Gasteiger charge is 2.55. The molecule has 42 nitrogen and oxygen atoms in total. The molecule has 4 aliphatic rings. The zero-order chi connectivity index (χ0) is 59.9. The molecule has 4 aliphatic heterocycles. The molecule has 19 atom stereocenters. The van der Waals surface area contributed by atoms with Gasteiger partial charge in [-0.05, 0) is 6.07 Å². The molecule has 45 heteroatoms. The van der Waals surface area contributed by atoms with Crippen molar-refractivity contribution in [1.82, 2.24) is 68.1 Å². The second kappa shape index (κ2) is 22.7. The highest BCUT2D eigenvalue weighted by molar-refractivity contribution is 7.48. The first-order valence-corrected chi connectivity index (χ1v) is 28.8. The smallest absolute Gasteiger partial charge is 0.394 e. The molecule has 11 heterocycles. The summed E-state index contributed by atoms with van der Waals surface area (Å²) >= 11 is 0. The summed E-state index contributed by atoms with van der Waals surface area (Å²) in [5, 5.41) is 66.6. The number of anilines is 4. The lowest BCUT2D eigenvalue weighted by atomic mass is 10.1. The van der Waals surface area contributed by atoms with Crippen molar-refractivity contribution < 1.29 is 105 Å². The Hall–Kier alpha value is -6.54. The number of nitrogens with two attached hydrogens (primary N) is 4. The van der Waals surface area contributed by atoms with Crippen LogP contribution in [0.1, 0.15) is 24.9 Å². The Morgan fingerprint density at radius 1 is 0.524 bits per heavy atom. The Bertz CT molecular complexity index is 3870. The molecule has 0 aromatic carbocycles. The third-order valence-corrected chi connectivity index (χ3v) is 16.5. The number of hydrogen-bond acceptors (Lipinski definition) is 34. The van der Waals surface area contributed by atoms with E-state index in [0.29, 0.717) is 0 Å². The number of aliphatic hydroxyl groups excluding tert-OH is 6. The van der Waals surface area contributed by atoms with Crippen molar-refractivity contribution in [2.75, 3.05) is 49.4 Å². The third kappa shape index (κ3) is 11.3. The summed E-state index contributed by atoms with van der Waals surface area (Å²) in [7, 11) is -16.7. The molecule has 0 bridgehead atoms. The summed E-state index contributed by atoms with van der Waals surface area (Å²) in [6.07, 6.45) is -22.7. The van der Waals surface area contributed by atoms with Crippen LogP contribution in [0.15, 0.2) is 53.5 Å². The molecule has 7 aromatic rings. The summed E-state index contributed by atoms with van der Waals surface area (Å²) in [5.74, 6) is -0.735. The van der Waals surface area contributed by atoms with Crippen LogP contribution in [0, 0.1) is 0 Å². The van der Waals surface area contributed by atoms with Gasteiger partial charge in [-0.25, -0.2) is 53.4 Å². The van der Waals surface area contributed by atoms with E-state index < -0.39 is 165 Å². The van der Waals surface area contributed by atoms with E-state index in [9.17, 15) is 68.6 Å². The van der Waals surface area contributed by atoms with Crippen molar-refractivity contribution in [3.63, 3.8) is 0 Å². The van der Waals surface area contributed by atoms with Crippen LogP contribution < -0.4 is 34.2 Å². The molecule has 18 N–H and O–H groups in total. The van der Waals surface area contributed by atoms with Gasteiger partial charge in [0.25, 0.3) is 5.56 Å². The predicted octanol–water partition coefficient (Wildman–Crippen LogP) is -5.72. The van der Waals surface area contributed by atoms with E-state index in [0.717, 1.165) is 45.2 Å². The minimum Gasteiger partial charge on any atom is -0.394 e. The number of nitrogen functional groups attached to an aromatic ring is 4. The molecule has 7 aromatic heterocycles. The number of hydrogen-bond donors (Lipinski definition) is 14. The number of imidazole rings is 3. The number of ether oxygens (including phenoxy) is 4. The first-order valence-electron chi connectivity index (χ1n) is 24.4. The molecule has 0 amide bonds. The fourth-order valence-electron chi connectivity index (χ4n) is 9.67. The van der Waals surface area contributed by atoms with E-state index in [-0.39, 0.29) is 50.9 Å². The maximum absolute atomic E-state index is 14.1. The van der Waals surface area contributed by atoms with Crippen LogP contribution in [0.25, 0.3) is 33.5 Å². The Labute approximate surface area is 464 Å². The summed E-state index contributed by atoms with van der Waals surface area (Å²) in [6.45, 7) is -4.31. The number of H-pyrrole nitrogens is 1. The number of aliphatic hydroxyl groups is 6. The van der Waals surface area contributed by atoms with Crippen molar-refractivity contribution in [3.05, 3.63) is 64.7 Å². The lowest BCUT2D eigenvalue weighted by Gasteiger charge is -2.26. The number of rotatable bonds is 20. The molecule has 0 saturated carbocycles. The van der Waals surface area contributed by atoms with Gasteiger partial charge in [-0.2, -0.15) is 9.97 Å². The molecule has 11 rings (SSSR count). The van der Waals surface area contributed by atoms with Gasteiger partial charge in [-0.3, -0.25) is 55.2 Å². The lowest BCUT2D eigenvalue weighted by molar-refractivity contribution is -0.0635.